The van der Waals surface area contributed by atoms with Gasteiger partial charge in [-0.1, -0.05) is 12.1 Å². The summed E-state index contributed by atoms with van der Waals surface area (Å²) in [5.74, 6) is -3.58. The van der Waals surface area contributed by atoms with Gasteiger partial charge in [-0.25, -0.2) is 15.5 Å². The average molecular weight is 647 g/mol. The van der Waals surface area contributed by atoms with Crippen LogP contribution >= 0.6 is 0 Å². The van der Waals surface area contributed by atoms with Crippen LogP contribution in [0.15, 0.2) is 23.2 Å². The maximum absolute atomic E-state index is 13.8. The highest BCUT2D eigenvalue weighted by Crippen LogP contribution is 2.25. The van der Waals surface area contributed by atoms with Crippen LogP contribution in [0.25, 0.3) is 0 Å². The molecular weight excluding hydrogens is 604 g/mol. The fourth-order valence-corrected chi connectivity index (χ4v) is 5.21. The molecule has 1 saturated heterocycles. The number of nitrogens with one attached hydrogen (secondary N) is 3. The number of aliphatic hydroxyl groups is 1. The molecule has 16 nitrogen and oxygen atoms in total. The first-order valence-electron chi connectivity index (χ1n) is 15.1. The number of hydrazine groups is 1. The summed E-state index contributed by atoms with van der Waals surface area (Å²) < 4.78 is 5.54. The fourth-order valence-electron chi connectivity index (χ4n) is 5.21. The van der Waals surface area contributed by atoms with Gasteiger partial charge in [0.05, 0.1) is 12.2 Å². The number of aryl methyl sites for hydroxylation is 1. The molecule has 4 atom stereocenters. The number of Topliss-reactive ketones (excluding diaryl/α,β-unsaturated/α-hetero) is 2. The number of aliphatic imine (C=N–C) groups is 1. The van der Waals surface area contributed by atoms with Gasteiger partial charge in [0, 0.05) is 38.4 Å². The van der Waals surface area contributed by atoms with Gasteiger partial charge in [0.25, 0.3) is 0 Å². The van der Waals surface area contributed by atoms with E-state index >= 15 is 0 Å². The second-order valence-corrected chi connectivity index (χ2v) is 11.3. The molecule has 1 aromatic rings. The number of amides is 4. The summed E-state index contributed by atoms with van der Waals surface area (Å²) in [6.07, 6.45) is 0.988. The van der Waals surface area contributed by atoms with Crippen molar-refractivity contribution >= 4 is 41.6 Å². The second-order valence-electron chi connectivity index (χ2n) is 11.3. The minimum absolute atomic E-state index is 0.0302. The van der Waals surface area contributed by atoms with Crippen molar-refractivity contribution in [1.29, 1.82) is 0 Å². The minimum Gasteiger partial charge on any atom is -0.507 e. The lowest BCUT2D eigenvalue weighted by molar-refractivity contribution is -0.153. The zero-order chi connectivity index (χ0) is 33.8. The maximum atomic E-state index is 13.8. The zero-order valence-corrected chi connectivity index (χ0v) is 25.9. The van der Waals surface area contributed by atoms with E-state index in [-0.39, 0.29) is 62.8 Å². The number of benzene rings is 1. The lowest BCUT2D eigenvalue weighted by Crippen LogP contribution is -2.60. The molecule has 2 aliphatic heterocycles. The van der Waals surface area contributed by atoms with Crippen molar-refractivity contribution in [2.24, 2.45) is 10.9 Å². The van der Waals surface area contributed by atoms with Gasteiger partial charge in [-0.3, -0.25) is 39.0 Å². The Morgan fingerprint density at radius 2 is 2.00 bits per heavy atom. The third-order valence-corrected chi connectivity index (χ3v) is 7.73. The number of hydrogen-bond donors (Lipinski definition) is 6. The number of nitrogens with zero attached hydrogens (tertiary/aromatic N) is 3. The average Bonchev–Trinajstić information content (AvgIpc) is 3.52. The predicted molar refractivity (Wildman–Crippen MR) is 161 cm³/mol. The molecule has 3 rings (SSSR count). The number of ether oxygens (including phenoxy) is 1. The number of rotatable bonds is 17. The topological polar surface area (TPSA) is 227 Å². The van der Waals surface area contributed by atoms with Crippen LogP contribution in [0.4, 0.5) is 0 Å². The van der Waals surface area contributed by atoms with E-state index in [9.17, 15) is 44.2 Å². The van der Waals surface area contributed by atoms with Crippen molar-refractivity contribution in [2.45, 2.75) is 70.5 Å². The molecule has 2 heterocycles. The van der Waals surface area contributed by atoms with Crippen molar-refractivity contribution in [2.75, 3.05) is 32.8 Å². The van der Waals surface area contributed by atoms with Crippen LogP contribution in [-0.4, -0.2) is 118 Å². The molecule has 0 spiro atoms. The summed E-state index contributed by atoms with van der Waals surface area (Å²) >= 11 is 0. The molecular formula is C30H42N6O10. The first kappa shape index (κ1) is 36.1. The Bertz CT molecular complexity index is 1300. The first-order valence-corrected chi connectivity index (χ1v) is 15.1. The SMILES string of the molecule is CC(=O)CCNC(=O)[C@H]1CCCNN1C(=O)[C@@H](CCCN(O)C=O)CC(=O)[C@H](CO)NC(=O)[C@@H]1COC(c2c(C)cccc2O)=N1. The predicted octanol–water partition coefficient (Wildman–Crippen LogP) is -0.883. The quantitative estimate of drug-likeness (QED) is 0.0692. The summed E-state index contributed by atoms with van der Waals surface area (Å²) in [6.45, 7) is 2.58. The zero-order valence-electron chi connectivity index (χ0n) is 25.9. The number of phenolic OH excluding ortho intramolecular Hbond substituents is 1. The number of aromatic hydroxyl groups is 1. The van der Waals surface area contributed by atoms with Gasteiger partial charge >= 0.3 is 0 Å². The van der Waals surface area contributed by atoms with E-state index < -0.39 is 60.6 Å². The molecule has 2 aliphatic rings. The fraction of sp³-hybridized carbons (Fsp3) is 0.567. The van der Waals surface area contributed by atoms with E-state index in [0.717, 1.165) is 0 Å². The monoisotopic (exact) mass is 646 g/mol. The molecule has 0 aliphatic carbocycles. The summed E-state index contributed by atoms with van der Waals surface area (Å²) in [7, 11) is 0. The van der Waals surface area contributed by atoms with Crippen molar-refractivity contribution in [3.8, 4) is 5.75 Å². The summed E-state index contributed by atoms with van der Waals surface area (Å²) in [5.41, 5.74) is 3.93. The lowest BCUT2D eigenvalue weighted by Gasteiger charge is -2.37. The molecule has 4 amide bonds. The number of carbonyl (C=O) groups is 6. The van der Waals surface area contributed by atoms with E-state index in [4.69, 9.17) is 4.74 Å². The Morgan fingerprint density at radius 1 is 1.24 bits per heavy atom. The van der Waals surface area contributed by atoms with Crippen LogP contribution in [0.5, 0.6) is 5.75 Å². The molecule has 0 aromatic heterocycles. The van der Waals surface area contributed by atoms with Crippen molar-refractivity contribution in [3.63, 3.8) is 0 Å². The van der Waals surface area contributed by atoms with Crippen LogP contribution in [0.1, 0.15) is 56.6 Å². The summed E-state index contributed by atoms with van der Waals surface area (Å²) in [4.78, 5) is 79.4. The molecule has 1 aromatic carbocycles. The highest BCUT2D eigenvalue weighted by atomic mass is 16.5. The smallest absolute Gasteiger partial charge is 0.249 e. The van der Waals surface area contributed by atoms with Crippen LogP contribution in [-0.2, 0) is 33.5 Å². The molecule has 0 saturated carbocycles. The normalized spacial score (nSPS) is 18.9. The Kier molecular flexibility index (Phi) is 13.6. The Labute approximate surface area is 266 Å². The minimum atomic E-state index is -1.39. The van der Waals surface area contributed by atoms with E-state index in [1.807, 2.05) is 0 Å². The molecule has 0 bridgehead atoms. The molecule has 0 unspecified atom stereocenters. The molecule has 16 heteroatoms. The van der Waals surface area contributed by atoms with E-state index in [1.165, 1.54) is 18.0 Å². The number of carbonyl (C=O) groups excluding carboxylic acids is 6. The van der Waals surface area contributed by atoms with Crippen molar-refractivity contribution < 1.29 is 48.9 Å². The number of hydrogen-bond acceptors (Lipinski definition) is 12. The highest BCUT2D eigenvalue weighted by molar-refractivity contribution is 6.02. The molecule has 252 valence electrons. The molecule has 46 heavy (non-hydrogen) atoms. The van der Waals surface area contributed by atoms with Crippen molar-refractivity contribution in [1.82, 2.24) is 26.1 Å². The first-order chi connectivity index (χ1) is 22.0. The van der Waals surface area contributed by atoms with E-state index in [1.54, 1.807) is 19.1 Å². The third-order valence-electron chi connectivity index (χ3n) is 7.73. The van der Waals surface area contributed by atoms with Gasteiger partial charge in [0.1, 0.15) is 30.2 Å². The van der Waals surface area contributed by atoms with Gasteiger partial charge in [-0.15, -0.1) is 0 Å². The van der Waals surface area contributed by atoms with Crippen LogP contribution in [0.2, 0.25) is 0 Å². The van der Waals surface area contributed by atoms with Gasteiger partial charge < -0.3 is 25.6 Å². The molecule has 6 N–H and O–H groups in total. The summed E-state index contributed by atoms with van der Waals surface area (Å²) in [5, 5.41) is 36.4. The van der Waals surface area contributed by atoms with E-state index in [2.05, 4.69) is 21.1 Å². The summed E-state index contributed by atoms with van der Waals surface area (Å²) in [6, 6.07) is 1.49. The third kappa shape index (κ3) is 9.79. The highest BCUT2D eigenvalue weighted by Gasteiger charge is 2.38. The number of aliphatic hydroxyl groups excluding tert-OH is 1. The van der Waals surface area contributed by atoms with Crippen molar-refractivity contribution in [3.05, 3.63) is 29.3 Å². The van der Waals surface area contributed by atoms with Crippen LogP contribution in [0, 0.1) is 12.8 Å². The number of hydroxylamine groups is 2. The van der Waals surface area contributed by atoms with Crippen LogP contribution < -0.4 is 16.1 Å². The van der Waals surface area contributed by atoms with Gasteiger partial charge in [0.2, 0.25) is 30.0 Å². The second kappa shape index (κ2) is 17.3. The lowest BCUT2D eigenvalue weighted by atomic mass is 9.92. The Hall–Kier alpha value is -4.41. The maximum Gasteiger partial charge on any atom is 0.249 e. The van der Waals surface area contributed by atoms with Gasteiger partial charge in [-0.2, -0.15) is 0 Å². The largest absolute Gasteiger partial charge is 0.507 e. The van der Waals surface area contributed by atoms with Gasteiger partial charge in [-0.05, 0) is 51.2 Å². The van der Waals surface area contributed by atoms with Gasteiger partial charge in [0.15, 0.2) is 11.8 Å². The Balaban J connectivity index is 1.72. The molecule has 1 fully saturated rings. The number of phenols is 1. The number of ketones is 2. The van der Waals surface area contributed by atoms with Crippen LogP contribution in [0.3, 0.4) is 0 Å². The van der Waals surface area contributed by atoms with E-state index in [0.29, 0.717) is 35.6 Å². The Morgan fingerprint density at radius 3 is 2.67 bits per heavy atom. The standard InChI is InChI=1S/C30H42N6O10/c1-18-6-3-9-24(40)26(18)29-34-22(16-46-29)27(42)33-21(15-37)25(41)14-20(7-5-13-35(45)17-38)30(44)36-23(8-4-11-32-36)28(43)31-12-10-19(2)39/h3,6,9,17,20-23,32,37,40,45H,4-5,7-8,10-16H2,1-2H3,(H,31,43)(H,33,42)/t20-,21-,22-,23+/m0/s1. The molecule has 0 radical (unpaired) electrons.